The molecule has 0 saturated heterocycles. The average Bonchev–Trinajstić information content (AvgIpc) is 2.85. The molecule has 1 amide bonds. The number of benzene rings is 1. The fraction of sp³-hybridized carbons (Fsp3) is 0.286. The van der Waals surface area contributed by atoms with Crippen molar-refractivity contribution in [3.63, 3.8) is 0 Å². The number of hydrogen-bond donors (Lipinski definition) is 2. The van der Waals surface area contributed by atoms with Crippen molar-refractivity contribution in [2.45, 2.75) is 26.3 Å². The number of amides is 1. The molecule has 0 spiro atoms. The molecular formula is C14H17N3OS. The van der Waals surface area contributed by atoms with Crippen LogP contribution in [0.5, 0.6) is 0 Å². The van der Waals surface area contributed by atoms with Crippen LogP contribution in [0.15, 0.2) is 29.6 Å². The second-order valence-corrected chi connectivity index (χ2v) is 5.40. The quantitative estimate of drug-likeness (QED) is 0.901. The second kappa shape index (κ2) is 5.95. The van der Waals surface area contributed by atoms with Crippen LogP contribution in [0.25, 0.3) is 11.3 Å². The maximum Gasteiger partial charge on any atom is 0.241 e. The Labute approximate surface area is 116 Å². The molecule has 0 bridgehead atoms. The fourth-order valence-corrected chi connectivity index (χ4v) is 2.26. The standard InChI is InChI=1S/C14H17N3OS/c1-3-12(15)14(18)17-11-6-4-10(5-7-11)13-8-19-9(2)16-13/h4-8,12H,3,15H2,1-2H3,(H,17,18)/t12-/m1/s1. The Morgan fingerprint density at radius 2 is 2.11 bits per heavy atom. The number of carbonyl (C=O) groups excluding carboxylic acids is 1. The lowest BCUT2D eigenvalue weighted by molar-refractivity contribution is -0.117. The summed E-state index contributed by atoms with van der Waals surface area (Å²) in [4.78, 5) is 16.1. The van der Waals surface area contributed by atoms with Crippen molar-refractivity contribution in [2.24, 2.45) is 5.73 Å². The minimum atomic E-state index is -0.458. The number of anilines is 1. The van der Waals surface area contributed by atoms with E-state index in [4.69, 9.17) is 5.73 Å². The Hall–Kier alpha value is -1.72. The van der Waals surface area contributed by atoms with Gasteiger partial charge in [-0.15, -0.1) is 11.3 Å². The number of carbonyl (C=O) groups is 1. The van der Waals surface area contributed by atoms with Gasteiger partial charge in [-0.25, -0.2) is 4.98 Å². The van der Waals surface area contributed by atoms with E-state index in [1.54, 1.807) is 11.3 Å². The first-order valence-electron chi connectivity index (χ1n) is 6.19. The molecule has 3 N–H and O–H groups in total. The Balaban J connectivity index is 2.08. The van der Waals surface area contributed by atoms with Crippen LogP contribution in [-0.2, 0) is 4.79 Å². The topological polar surface area (TPSA) is 68.0 Å². The van der Waals surface area contributed by atoms with Crippen molar-refractivity contribution in [3.05, 3.63) is 34.7 Å². The number of thiazole rings is 1. The lowest BCUT2D eigenvalue weighted by atomic mass is 10.1. The number of hydrogen-bond acceptors (Lipinski definition) is 4. The molecule has 100 valence electrons. The first kappa shape index (κ1) is 13.7. The van der Waals surface area contributed by atoms with Gasteiger partial charge in [-0.3, -0.25) is 4.79 Å². The molecule has 0 radical (unpaired) electrons. The number of rotatable bonds is 4. The van der Waals surface area contributed by atoms with E-state index in [0.717, 1.165) is 22.0 Å². The van der Waals surface area contributed by atoms with E-state index in [1.807, 2.05) is 43.5 Å². The van der Waals surface area contributed by atoms with Gasteiger partial charge in [-0.2, -0.15) is 0 Å². The predicted molar refractivity (Wildman–Crippen MR) is 79.2 cm³/mol. The Kier molecular flexibility index (Phi) is 4.29. The summed E-state index contributed by atoms with van der Waals surface area (Å²) in [6.45, 7) is 3.87. The van der Waals surface area contributed by atoms with E-state index in [0.29, 0.717) is 6.42 Å². The molecule has 19 heavy (non-hydrogen) atoms. The van der Waals surface area contributed by atoms with Gasteiger partial charge in [0.2, 0.25) is 5.91 Å². The Morgan fingerprint density at radius 1 is 1.42 bits per heavy atom. The highest BCUT2D eigenvalue weighted by atomic mass is 32.1. The molecule has 2 rings (SSSR count). The van der Waals surface area contributed by atoms with E-state index in [2.05, 4.69) is 10.3 Å². The summed E-state index contributed by atoms with van der Waals surface area (Å²) in [5.41, 5.74) is 8.43. The molecule has 0 saturated carbocycles. The molecule has 1 heterocycles. The van der Waals surface area contributed by atoms with E-state index >= 15 is 0 Å². The highest BCUT2D eigenvalue weighted by Gasteiger charge is 2.10. The SMILES string of the molecule is CC[C@@H](N)C(=O)Nc1ccc(-c2csc(C)n2)cc1. The van der Waals surface area contributed by atoms with Crippen LogP contribution in [0.4, 0.5) is 5.69 Å². The Bertz CT molecular complexity index is 562. The van der Waals surface area contributed by atoms with Crippen LogP contribution < -0.4 is 11.1 Å². The smallest absolute Gasteiger partial charge is 0.241 e. The molecule has 1 aromatic carbocycles. The van der Waals surface area contributed by atoms with Gasteiger partial charge in [0.15, 0.2) is 0 Å². The van der Waals surface area contributed by atoms with E-state index in [1.165, 1.54) is 0 Å². The molecule has 5 heteroatoms. The zero-order valence-corrected chi connectivity index (χ0v) is 11.8. The molecular weight excluding hydrogens is 258 g/mol. The summed E-state index contributed by atoms with van der Waals surface area (Å²) < 4.78 is 0. The number of aryl methyl sites for hydroxylation is 1. The molecule has 0 unspecified atom stereocenters. The molecule has 2 aromatic rings. The van der Waals surface area contributed by atoms with Gasteiger partial charge < -0.3 is 11.1 Å². The maximum absolute atomic E-state index is 11.7. The van der Waals surface area contributed by atoms with Gasteiger partial charge in [0, 0.05) is 16.6 Å². The number of nitrogens with two attached hydrogens (primary N) is 1. The third-order valence-corrected chi connectivity index (χ3v) is 3.62. The third kappa shape index (κ3) is 3.39. The lowest BCUT2D eigenvalue weighted by Crippen LogP contribution is -2.34. The van der Waals surface area contributed by atoms with Gasteiger partial charge in [0.25, 0.3) is 0 Å². The van der Waals surface area contributed by atoms with Crippen molar-refractivity contribution in [3.8, 4) is 11.3 Å². The van der Waals surface area contributed by atoms with E-state index in [9.17, 15) is 4.79 Å². The van der Waals surface area contributed by atoms with E-state index in [-0.39, 0.29) is 5.91 Å². The minimum Gasteiger partial charge on any atom is -0.325 e. The van der Waals surface area contributed by atoms with Gasteiger partial charge in [-0.05, 0) is 25.5 Å². The Morgan fingerprint density at radius 3 is 2.63 bits per heavy atom. The molecule has 1 aromatic heterocycles. The summed E-state index contributed by atoms with van der Waals surface area (Å²) in [6, 6.07) is 7.17. The lowest BCUT2D eigenvalue weighted by Gasteiger charge is -2.10. The third-order valence-electron chi connectivity index (χ3n) is 2.84. The molecule has 0 aliphatic carbocycles. The average molecular weight is 275 g/mol. The van der Waals surface area contributed by atoms with Gasteiger partial charge >= 0.3 is 0 Å². The van der Waals surface area contributed by atoms with Crippen molar-refractivity contribution < 1.29 is 4.79 Å². The van der Waals surface area contributed by atoms with Crippen molar-refractivity contribution in [2.75, 3.05) is 5.32 Å². The monoisotopic (exact) mass is 275 g/mol. The molecule has 1 atom stereocenters. The van der Waals surface area contributed by atoms with Crippen LogP contribution in [0.2, 0.25) is 0 Å². The van der Waals surface area contributed by atoms with Crippen LogP contribution in [0.1, 0.15) is 18.4 Å². The largest absolute Gasteiger partial charge is 0.325 e. The summed E-state index contributed by atoms with van der Waals surface area (Å²) in [5, 5.41) is 5.86. The predicted octanol–water partition coefficient (Wildman–Crippen LogP) is 2.79. The van der Waals surface area contributed by atoms with Crippen LogP contribution in [-0.4, -0.2) is 16.9 Å². The fourth-order valence-electron chi connectivity index (χ4n) is 1.64. The van der Waals surface area contributed by atoms with Crippen LogP contribution in [0, 0.1) is 6.92 Å². The zero-order valence-electron chi connectivity index (χ0n) is 11.0. The van der Waals surface area contributed by atoms with Gasteiger partial charge in [-0.1, -0.05) is 19.1 Å². The number of nitrogens with zero attached hydrogens (tertiary/aromatic N) is 1. The summed E-state index contributed by atoms with van der Waals surface area (Å²) in [5.74, 6) is -0.153. The molecule has 0 fully saturated rings. The van der Waals surface area contributed by atoms with Crippen molar-refractivity contribution >= 4 is 22.9 Å². The summed E-state index contributed by atoms with van der Waals surface area (Å²) in [7, 11) is 0. The van der Waals surface area contributed by atoms with Crippen LogP contribution in [0.3, 0.4) is 0 Å². The molecule has 0 aliphatic heterocycles. The minimum absolute atomic E-state index is 0.153. The van der Waals surface area contributed by atoms with Gasteiger partial charge in [0.05, 0.1) is 16.7 Å². The zero-order chi connectivity index (χ0) is 13.8. The first-order chi connectivity index (χ1) is 9.10. The highest BCUT2D eigenvalue weighted by Crippen LogP contribution is 2.23. The number of aromatic nitrogens is 1. The molecule has 4 nitrogen and oxygen atoms in total. The molecule has 0 aliphatic rings. The normalized spacial score (nSPS) is 12.2. The maximum atomic E-state index is 11.7. The van der Waals surface area contributed by atoms with Crippen LogP contribution >= 0.6 is 11.3 Å². The van der Waals surface area contributed by atoms with Crippen molar-refractivity contribution in [1.82, 2.24) is 4.98 Å². The first-order valence-corrected chi connectivity index (χ1v) is 7.07. The summed E-state index contributed by atoms with van der Waals surface area (Å²) in [6.07, 6.45) is 0.627. The summed E-state index contributed by atoms with van der Waals surface area (Å²) >= 11 is 1.62. The second-order valence-electron chi connectivity index (χ2n) is 4.33. The number of nitrogens with one attached hydrogen (secondary N) is 1. The highest BCUT2D eigenvalue weighted by molar-refractivity contribution is 7.09. The van der Waals surface area contributed by atoms with Gasteiger partial charge in [0.1, 0.15) is 0 Å². The van der Waals surface area contributed by atoms with E-state index < -0.39 is 6.04 Å². The van der Waals surface area contributed by atoms with Crippen molar-refractivity contribution in [1.29, 1.82) is 0 Å².